The van der Waals surface area contributed by atoms with Crippen molar-refractivity contribution >= 4 is 21.6 Å². The summed E-state index contributed by atoms with van der Waals surface area (Å²) in [6, 6.07) is 9.00. The third-order valence-electron chi connectivity index (χ3n) is 5.81. The predicted molar refractivity (Wildman–Crippen MR) is 113 cm³/mol. The molecule has 0 aliphatic carbocycles. The molecule has 0 aromatic heterocycles. The molecule has 1 saturated heterocycles. The van der Waals surface area contributed by atoms with Crippen molar-refractivity contribution in [2.24, 2.45) is 5.92 Å². The van der Waals surface area contributed by atoms with Gasteiger partial charge in [-0.15, -0.1) is 0 Å². The highest BCUT2D eigenvalue weighted by atomic mass is 32.2. The number of nitro groups is 1. The highest BCUT2D eigenvalue weighted by Crippen LogP contribution is 2.38. The smallest absolute Gasteiger partial charge is 0.407 e. The van der Waals surface area contributed by atoms with Crippen molar-refractivity contribution in [3.05, 3.63) is 52.1 Å². The monoisotopic (exact) mass is 462 g/mol. The first kappa shape index (κ1) is 22.0. The van der Waals surface area contributed by atoms with Crippen molar-refractivity contribution in [3.63, 3.8) is 0 Å². The molecule has 0 bridgehead atoms. The number of piperidine rings is 1. The first-order valence-corrected chi connectivity index (χ1v) is 11.9. The molecule has 11 heteroatoms. The van der Waals surface area contributed by atoms with Gasteiger partial charge in [-0.3, -0.25) is 10.1 Å². The third-order valence-corrected chi connectivity index (χ3v) is 6.92. The zero-order chi connectivity index (χ0) is 23.0. The van der Waals surface area contributed by atoms with E-state index in [1.54, 1.807) is 18.2 Å². The number of hydrogen-bond acceptors (Lipinski definition) is 7. The lowest BCUT2D eigenvalue weighted by Crippen LogP contribution is -2.43. The summed E-state index contributed by atoms with van der Waals surface area (Å²) < 4.78 is 35.4. The Hall–Kier alpha value is -3.18. The highest BCUT2D eigenvalue weighted by molar-refractivity contribution is 7.90. The minimum Gasteiger partial charge on any atom is -0.465 e. The summed E-state index contributed by atoms with van der Waals surface area (Å²) >= 11 is 0. The van der Waals surface area contributed by atoms with Gasteiger partial charge in [0.1, 0.15) is 5.75 Å². The van der Waals surface area contributed by atoms with Gasteiger partial charge in [0.2, 0.25) is 6.29 Å². The highest BCUT2D eigenvalue weighted by Gasteiger charge is 2.33. The van der Waals surface area contributed by atoms with E-state index < -0.39 is 27.1 Å². The van der Waals surface area contributed by atoms with Crippen LogP contribution >= 0.6 is 0 Å². The summed E-state index contributed by atoms with van der Waals surface area (Å²) in [5.74, 6) is 0.684. The summed E-state index contributed by atoms with van der Waals surface area (Å²) in [6.07, 6.45) is 0.881. The van der Waals surface area contributed by atoms with Crippen LogP contribution in [0.2, 0.25) is 0 Å². The minimum absolute atomic E-state index is 0.0723. The molecule has 2 heterocycles. The predicted octanol–water partition coefficient (Wildman–Crippen LogP) is 3.29. The van der Waals surface area contributed by atoms with E-state index >= 15 is 0 Å². The Balaban J connectivity index is 1.55. The Morgan fingerprint density at radius 2 is 1.91 bits per heavy atom. The van der Waals surface area contributed by atoms with E-state index in [1.807, 2.05) is 0 Å². The van der Waals surface area contributed by atoms with Gasteiger partial charge in [-0.1, -0.05) is 6.07 Å². The van der Waals surface area contributed by atoms with Crippen LogP contribution in [0.4, 0.5) is 10.5 Å². The molecule has 1 fully saturated rings. The van der Waals surface area contributed by atoms with Gasteiger partial charge >= 0.3 is 6.09 Å². The van der Waals surface area contributed by atoms with E-state index in [0.29, 0.717) is 42.8 Å². The summed E-state index contributed by atoms with van der Waals surface area (Å²) in [7, 11) is -3.58. The lowest BCUT2D eigenvalue weighted by atomic mass is 9.95. The fourth-order valence-electron chi connectivity index (χ4n) is 4.04. The van der Waals surface area contributed by atoms with Crippen LogP contribution in [-0.2, 0) is 21.2 Å². The molecule has 170 valence electrons. The number of amides is 1. The number of fused-ring (bicyclic) bond motifs is 1. The van der Waals surface area contributed by atoms with Gasteiger partial charge in [-0.05, 0) is 42.7 Å². The van der Waals surface area contributed by atoms with Crippen molar-refractivity contribution in [1.82, 2.24) is 4.90 Å². The summed E-state index contributed by atoms with van der Waals surface area (Å²) in [5, 5.41) is 20.7. The van der Waals surface area contributed by atoms with Crippen LogP contribution in [0.15, 0.2) is 41.3 Å². The van der Waals surface area contributed by atoms with Crippen molar-refractivity contribution in [2.75, 3.05) is 19.3 Å². The maximum atomic E-state index is 11.8. The fraction of sp³-hybridized carbons (Fsp3) is 0.381. The van der Waals surface area contributed by atoms with Crippen LogP contribution in [0, 0.1) is 16.0 Å². The maximum Gasteiger partial charge on any atom is 0.407 e. The van der Waals surface area contributed by atoms with Crippen molar-refractivity contribution in [3.8, 4) is 16.9 Å². The second kappa shape index (κ2) is 8.40. The average molecular weight is 462 g/mol. The number of nitro benzene ring substituents is 1. The molecule has 2 aliphatic rings. The molecule has 4 rings (SSSR count). The Labute approximate surface area is 184 Å². The van der Waals surface area contributed by atoms with Crippen LogP contribution in [0.25, 0.3) is 11.1 Å². The standard InChI is InChI=1S/C21H22N2O8S/c1-32(28,29)16-3-4-17(18(11-16)23(26)27)14-2-5-19-15(10-14)12-30-20(31-19)13-6-8-22(9-7-13)21(24)25/h2-5,10-11,13,20H,6-9,12H2,1H3,(H,24,25). The molecule has 2 aliphatic heterocycles. The average Bonchev–Trinajstić information content (AvgIpc) is 2.77. The van der Waals surface area contributed by atoms with Crippen LogP contribution < -0.4 is 4.74 Å². The first-order valence-electron chi connectivity index (χ1n) is 10.0. The Morgan fingerprint density at radius 3 is 2.53 bits per heavy atom. The third kappa shape index (κ3) is 4.39. The van der Waals surface area contributed by atoms with Gasteiger partial charge in [0.15, 0.2) is 9.84 Å². The zero-order valence-electron chi connectivity index (χ0n) is 17.3. The molecule has 32 heavy (non-hydrogen) atoms. The van der Waals surface area contributed by atoms with Gasteiger partial charge in [-0.2, -0.15) is 0 Å². The lowest BCUT2D eigenvalue weighted by molar-refractivity contribution is -0.384. The zero-order valence-corrected chi connectivity index (χ0v) is 18.1. The van der Waals surface area contributed by atoms with Gasteiger partial charge < -0.3 is 19.5 Å². The van der Waals surface area contributed by atoms with E-state index in [0.717, 1.165) is 17.9 Å². The summed E-state index contributed by atoms with van der Waals surface area (Å²) in [4.78, 5) is 23.3. The SMILES string of the molecule is CS(=O)(=O)c1ccc(-c2ccc3c(c2)COC(C2CCN(C(=O)O)CC2)O3)c([N+](=O)[O-])c1. The first-order chi connectivity index (χ1) is 15.1. The number of rotatable bonds is 4. The number of ether oxygens (including phenoxy) is 2. The largest absolute Gasteiger partial charge is 0.465 e. The molecular formula is C21H22N2O8S. The van der Waals surface area contributed by atoms with Crippen LogP contribution in [-0.4, -0.2) is 55.1 Å². The van der Waals surface area contributed by atoms with Crippen molar-refractivity contribution in [2.45, 2.75) is 30.6 Å². The van der Waals surface area contributed by atoms with E-state index in [-0.39, 0.29) is 23.1 Å². The molecule has 1 amide bonds. The Kier molecular flexibility index (Phi) is 5.78. The fourth-order valence-corrected chi connectivity index (χ4v) is 4.68. The van der Waals surface area contributed by atoms with Crippen LogP contribution in [0.3, 0.4) is 0 Å². The number of benzene rings is 2. The molecule has 10 nitrogen and oxygen atoms in total. The van der Waals surface area contributed by atoms with Crippen LogP contribution in [0.5, 0.6) is 5.75 Å². The number of hydrogen-bond donors (Lipinski definition) is 1. The van der Waals surface area contributed by atoms with E-state index in [4.69, 9.17) is 14.6 Å². The molecular weight excluding hydrogens is 440 g/mol. The molecule has 1 N–H and O–H groups in total. The molecule has 0 spiro atoms. The molecule has 0 radical (unpaired) electrons. The quantitative estimate of drug-likeness (QED) is 0.540. The van der Waals surface area contributed by atoms with Gasteiger partial charge in [-0.25, -0.2) is 13.2 Å². The minimum atomic E-state index is -3.58. The van der Waals surface area contributed by atoms with Gasteiger partial charge in [0.05, 0.1) is 22.0 Å². The molecule has 1 unspecified atom stereocenters. The lowest BCUT2D eigenvalue weighted by Gasteiger charge is -2.36. The molecule has 2 aromatic rings. The van der Waals surface area contributed by atoms with Crippen LogP contribution in [0.1, 0.15) is 18.4 Å². The number of sulfone groups is 1. The van der Waals surface area contributed by atoms with Crippen molar-refractivity contribution < 1.29 is 32.7 Å². The molecule has 2 aromatic carbocycles. The van der Waals surface area contributed by atoms with E-state index in [9.17, 15) is 23.3 Å². The maximum absolute atomic E-state index is 11.8. The Morgan fingerprint density at radius 1 is 1.19 bits per heavy atom. The Bertz CT molecular complexity index is 1170. The number of carbonyl (C=O) groups is 1. The molecule has 0 saturated carbocycles. The number of nitrogens with zero attached hydrogens (tertiary/aromatic N) is 2. The second-order valence-electron chi connectivity index (χ2n) is 7.94. The van der Waals surface area contributed by atoms with Gasteiger partial charge in [0, 0.05) is 36.9 Å². The number of likely N-dealkylation sites (tertiary alicyclic amines) is 1. The summed E-state index contributed by atoms with van der Waals surface area (Å²) in [6.45, 7) is 1.12. The van der Waals surface area contributed by atoms with E-state index in [1.165, 1.54) is 17.0 Å². The number of carboxylic acid groups (broad SMARTS) is 1. The molecule has 1 atom stereocenters. The summed E-state index contributed by atoms with van der Waals surface area (Å²) in [5.41, 5.74) is 1.28. The normalized spacial score (nSPS) is 19.2. The van der Waals surface area contributed by atoms with Gasteiger partial charge in [0.25, 0.3) is 5.69 Å². The second-order valence-corrected chi connectivity index (χ2v) is 9.95. The van der Waals surface area contributed by atoms with E-state index in [2.05, 4.69) is 0 Å². The van der Waals surface area contributed by atoms with Crippen molar-refractivity contribution in [1.29, 1.82) is 0 Å². The topological polar surface area (TPSA) is 136 Å².